The first-order valence-corrected chi connectivity index (χ1v) is 8.48. The van der Waals surface area contributed by atoms with E-state index in [4.69, 9.17) is 14.3 Å². The maximum Gasteiger partial charge on any atom is 0.382 e. The Morgan fingerprint density at radius 3 is 2.57 bits per heavy atom. The van der Waals surface area contributed by atoms with E-state index in [0.29, 0.717) is 18.4 Å². The summed E-state index contributed by atoms with van der Waals surface area (Å²) in [7, 11) is -3.75. The Balaban J connectivity index is 3.10. The number of allylic oxidation sites excluding steroid dienone is 1. The predicted octanol–water partition coefficient (Wildman–Crippen LogP) is 3.19. The Morgan fingerprint density at radius 1 is 1.48 bits per heavy atom. The molecular formula is C12H21N2O6P. The molecule has 0 radical (unpaired) electrons. The maximum absolute atomic E-state index is 12.5. The minimum absolute atomic E-state index is 0.109. The van der Waals surface area contributed by atoms with E-state index in [2.05, 4.69) is 5.16 Å². The third-order valence-corrected chi connectivity index (χ3v) is 5.15. The second-order valence-electron chi connectivity index (χ2n) is 4.56. The molecule has 9 heteroatoms. The number of nitrogens with zero attached hydrogens (tertiary/aromatic N) is 2. The Morgan fingerprint density at radius 2 is 2.10 bits per heavy atom. The van der Waals surface area contributed by atoms with E-state index in [9.17, 15) is 14.7 Å². The van der Waals surface area contributed by atoms with Crippen LogP contribution in [0.4, 0.5) is 0 Å². The zero-order chi connectivity index (χ0) is 15.9. The van der Waals surface area contributed by atoms with Crippen molar-refractivity contribution >= 4 is 13.0 Å². The van der Waals surface area contributed by atoms with Crippen LogP contribution in [0, 0.1) is 10.1 Å². The molecule has 0 saturated heterocycles. The molecule has 0 amide bonds. The van der Waals surface area contributed by atoms with Crippen molar-refractivity contribution in [2.24, 2.45) is 5.16 Å². The standard InChI is InChI=1S/C12H21N2O6P/c1-3-19-21(18,20-4-2)12(13-15)9-10-7-5-6-8-11(10)14(16)17/h9,11,15H,3-8H2,1-2H3/b10-9+,13-12-. The fraction of sp³-hybridized carbons (Fsp3) is 0.750. The fourth-order valence-corrected chi connectivity index (χ4v) is 3.72. The first kappa shape index (κ1) is 17.8. The van der Waals surface area contributed by atoms with Crippen molar-refractivity contribution in [3.05, 3.63) is 21.8 Å². The monoisotopic (exact) mass is 320 g/mol. The lowest BCUT2D eigenvalue weighted by atomic mass is 9.90. The van der Waals surface area contributed by atoms with Crippen LogP contribution < -0.4 is 0 Å². The van der Waals surface area contributed by atoms with Crippen LogP contribution in [0.15, 0.2) is 16.8 Å². The van der Waals surface area contributed by atoms with Crippen LogP contribution in [0.1, 0.15) is 39.5 Å². The SMILES string of the molecule is CCOP(=O)(OCC)C(/C=C1\CCCCC1[N+](=O)[O-])=N\O. The lowest BCUT2D eigenvalue weighted by molar-refractivity contribution is -0.514. The van der Waals surface area contributed by atoms with Gasteiger partial charge >= 0.3 is 7.60 Å². The van der Waals surface area contributed by atoms with E-state index in [-0.39, 0.29) is 23.6 Å². The number of rotatable bonds is 7. The minimum atomic E-state index is -3.75. The van der Waals surface area contributed by atoms with Gasteiger partial charge in [-0.05, 0) is 39.2 Å². The highest BCUT2D eigenvalue weighted by molar-refractivity contribution is 7.72. The van der Waals surface area contributed by atoms with Crippen molar-refractivity contribution in [3.63, 3.8) is 0 Å². The summed E-state index contributed by atoms with van der Waals surface area (Å²) >= 11 is 0. The summed E-state index contributed by atoms with van der Waals surface area (Å²) in [6, 6.07) is -0.841. The number of hydrogen-bond acceptors (Lipinski definition) is 7. The topological polar surface area (TPSA) is 111 Å². The third kappa shape index (κ3) is 4.62. The van der Waals surface area contributed by atoms with Gasteiger partial charge in [0.2, 0.25) is 6.04 Å². The van der Waals surface area contributed by atoms with Gasteiger partial charge in [-0.3, -0.25) is 14.7 Å². The van der Waals surface area contributed by atoms with E-state index in [0.717, 1.165) is 12.8 Å². The molecule has 1 fully saturated rings. The first-order valence-electron chi connectivity index (χ1n) is 6.94. The van der Waals surface area contributed by atoms with Gasteiger partial charge in [-0.25, -0.2) is 0 Å². The van der Waals surface area contributed by atoms with Gasteiger partial charge in [0.25, 0.3) is 0 Å². The smallest absolute Gasteiger partial charge is 0.382 e. The van der Waals surface area contributed by atoms with E-state index < -0.39 is 13.6 Å². The second kappa shape index (κ2) is 8.26. The molecule has 1 N–H and O–H groups in total. The van der Waals surface area contributed by atoms with Gasteiger partial charge in [0, 0.05) is 16.9 Å². The lowest BCUT2D eigenvalue weighted by Crippen LogP contribution is -2.26. The summed E-state index contributed by atoms with van der Waals surface area (Å²) in [6.07, 6.45) is 3.79. The molecular weight excluding hydrogens is 299 g/mol. The van der Waals surface area contributed by atoms with E-state index in [1.54, 1.807) is 13.8 Å². The predicted molar refractivity (Wildman–Crippen MR) is 77.4 cm³/mol. The lowest BCUT2D eigenvalue weighted by Gasteiger charge is -2.20. The summed E-state index contributed by atoms with van der Waals surface area (Å²) in [5.74, 6) is 0. The normalized spacial score (nSPS) is 22.5. The summed E-state index contributed by atoms with van der Waals surface area (Å²) in [5.41, 5.74) is 0.202. The minimum Gasteiger partial charge on any atom is -0.410 e. The van der Waals surface area contributed by atoms with Crippen LogP contribution in [-0.4, -0.2) is 34.8 Å². The van der Waals surface area contributed by atoms with Crippen molar-refractivity contribution in [3.8, 4) is 0 Å². The Bertz CT molecular complexity index is 466. The Kier molecular flexibility index (Phi) is 7.01. The van der Waals surface area contributed by atoms with Gasteiger partial charge in [0.05, 0.1) is 13.2 Å². The molecule has 0 bridgehead atoms. The van der Waals surface area contributed by atoms with E-state index >= 15 is 0 Å². The molecule has 1 aliphatic carbocycles. The van der Waals surface area contributed by atoms with Gasteiger partial charge in [-0.15, -0.1) is 0 Å². The van der Waals surface area contributed by atoms with Crippen LogP contribution in [0.3, 0.4) is 0 Å². The molecule has 1 atom stereocenters. The zero-order valence-electron chi connectivity index (χ0n) is 12.2. The summed E-state index contributed by atoms with van der Waals surface area (Å²) in [6.45, 7) is 3.48. The highest BCUT2D eigenvalue weighted by Gasteiger charge is 2.35. The summed E-state index contributed by atoms with van der Waals surface area (Å²) in [5, 5.41) is 23.2. The van der Waals surface area contributed by atoms with Gasteiger partial charge in [0.15, 0.2) is 5.45 Å². The number of nitro groups is 1. The quantitative estimate of drug-likeness (QED) is 0.253. The van der Waals surface area contributed by atoms with Crippen molar-refractivity contribution in [2.45, 2.75) is 45.6 Å². The number of hydrogen-bond donors (Lipinski definition) is 1. The molecule has 0 aliphatic heterocycles. The highest BCUT2D eigenvalue weighted by Crippen LogP contribution is 2.50. The average Bonchev–Trinajstić information content (AvgIpc) is 2.45. The molecule has 21 heavy (non-hydrogen) atoms. The average molecular weight is 320 g/mol. The number of oxime groups is 1. The molecule has 0 aromatic rings. The fourth-order valence-electron chi connectivity index (χ4n) is 2.27. The molecule has 0 aromatic carbocycles. The summed E-state index contributed by atoms with van der Waals surface area (Å²) in [4.78, 5) is 10.7. The van der Waals surface area contributed by atoms with Gasteiger partial charge in [0.1, 0.15) is 0 Å². The van der Waals surface area contributed by atoms with Crippen LogP contribution in [0.5, 0.6) is 0 Å². The molecule has 8 nitrogen and oxygen atoms in total. The Hall–Kier alpha value is -1.24. The first-order chi connectivity index (χ1) is 9.98. The van der Waals surface area contributed by atoms with Crippen LogP contribution in [0.2, 0.25) is 0 Å². The molecule has 1 unspecified atom stereocenters. The largest absolute Gasteiger partial charge is 0.410 e. The third-order valence-electron chi connectivity index (χ3n) is 3.17. The van der Waals surface area contributed by atoms with Gasteiger partial charge < -0.3 is 14.3 Å². The van der Waals surface area contributed by atoms with E-state index in [1.165, 1.54) is 6.08 Å². The summed E-state index contributed by atoms with van der Waals surface area (Å²) < 4.78 is 22.7. The van der Waals surface area contributed by atoms with Gasteiger partial charge in [-0.2, -0.15) is 0 Å². The second-order valence-corrected chi connectivity index (χ2v) is 6.53. The molecule has 0 aromatic heterocycles. The van der Waals surface area contributed by atoms with Crippen molar-refractivity contribution in [2.75, 3.05) is 13.2 Å². The van der Waals surface area contributed by atoms with E-state index in [1.807, 2.05) is 0 Å². The van der Waals surface area contributed by atoms with Crippen LogP contribution in [-0.2, 0) is 13.6 Å². The molecule has 0 heterocycles. The molecule has 1 rings (SSSR count). The Labute approximate surface area is 123 Å². The van der Waals surface area contributed by atoms with Crippen molar-refractivity contribution in [1.82, 2.24) is 0 Å². The van der Waals surface area contributed by atoms with Crippen molar-refractivity contribution < 1.29 is 23.7 Å². The molecule has 1 aliphatic rings. The molecule has 0 spiro atoms. The maximum atomic E-state index is 12.5. The molecule has 120 valence electrons. The van der Waals surface area contributed by atoms with Crippen LogP contribution >= 0.6 is 7.60 Å². The van der Waals surface area contributed by atoms with Crippen molar-refractivity contribution in [1.29, 1.82) is 0 Å². The highest BCUT2D eigenvalue weighted by atomic mass is 31.2. The van der Waals surface area contributed by atoms with Gasteiger partial charge in [-0.1, -0.05) is 5.16 Å². The van der Waals surface area contributed by atoms with Crippen LogP contribution in [0.25, 0.3) is 0 Å². The zero-order valence-corrected chi connectivity index (χ0v) is 13.1. The molecule has 1 saturated carbocycles.